The van der Waals surface area contributed by atoms with E-state index in [1.807, 2.05) is 31.4 Å². The second-order valence-electron chi connectivity index (χ2n) is 3.34. The summed E-state index contributed by atoms with van der Waals surface area (Å²) in [5.74, 6) is 0.664. The Morgan fingerprint density at radius 2 is 2.00 bits per heavy atom. The average Bonchev–Trinajstić information content (AvgIpc) is 2.39. The smallest absolute Gasteiger partial charge is 0.127 e. The lowest BCUT2D eigenvalue weighted by Gasteiger charge is -2.06. The highest BCUT2D eigenvalue weighted by atomic mass is 32.2. The number of pyridine rings is 1. The molecular formula is C12H10N4S2. The van der Waals surface area contributed by atoms with Crippen molar-refractivity contribution in [3.63, 3.8) is 0 Å². The van der Waals surface area contributed by atoms with Crippen LogP contribution in [0.2, 0.25) is 0 Å². The summed E-state index contributed by atoms with van der Waals surface area (Å²) >= 11 is 2.84. The molecule has 2 rings (SSSR count). The first-order valence-corrected chi connectivity index (χ1v) is 7.20. The molecule has 2 aromatic heterocycles. The second-order valence-corrected chi connectivity index (χ2v) is 5.15. The fraction of sp³-hybridized carbons (Fsp3) is 0.167. The molecule has 4 nitrogen and oxygen atoms in total. The zero-order valence-electron chi connectivity index (χ0n) is 9.91. The van der Waals surface area contributed by atoms with E-state index in [0.717, 1.165) is 5.03 Å². The predicted octanol–water partition coefficient (Wildman–Crippen LogP) is 2.92. The van der Waals surface area contributed by atoms with Gasteiger partial charge in [-0.15, -0.1) is 11.8 Å². The minimum atomic E-state index is 0.517. The van der Waals surface area contributed by atoms with Gasteiger partial charge in [0.1, 0.15) is 32.5 Å². The molecule has 0 spiro atoms. The summed E-state index contributed by atoms with van der Waals surface area (Å²) in [6.45, 7) is 1.82. The normalized spacial score (nSPS) is 10.1. The Bertz CT molecular complexity index is 593. The van der Waals surface area contributed by atoms with Crippen molar-refractivity contribution in [3.05, 3.63) is 35.8 Å². The molecule has 2 aromatic rings. The van der Waals surface area contributed by atoms with E-state index in [9.17, 15) is 5.26 Å². The van der Waals surface area contributed by atoms with Crippen molar-refractivity contribution >= 4 is 23.5 Å². The third-order valence-corrected chi connectivity index (χ3v) is 3.72. The van der Waals surface area contributed by atoms with Crippen molar-refractivity contribution in [3.8, 4) is 6.07 Å². The largest absolute Gasteiger partial charge is 0.250 e. The van der Waals surface area contributed by atoms with Crippen LogP contribution < -0.4 is 0 Å². The van der Waals surface area contributed by atoms with Crippen LogP contribution in [-0.2, 0) is 0 Å². The number of nitriles is 1. The molecule has 0 bridgehead atoms. The van der Waals surface area contributed by atoms with Gasteiger partial charge in [-0.3, -0.25) is 0 Å². The van der Waals surface area contributed by atoms with Crippen molar-refractivity contribution in [2.75, 3.05) is 6.26 Å². The van der Waals surface area contributed by atoms with E-state index < -0.39 is 0 Å². The van der Waals surface area contributed by atoms with Gasteiger partial charge in [-0.1, -0.05) is 6.07 Å². The minimum absolute atomic E-state index is 0.517. The maximum Gasteiger partial charge on any atom is 0.127 e. The summed E-state index contributed by atoms with van der Waals surface area (Å²) in [6.07, 6.45) is 3.62. The third-order valence-electron chi connectivity index (χ3n) is 2.10. The third kappa shape index (κ3) is 2.81. The molecule has 0 aliphatic carbocycles. The quantitative estimate of drug-likeness (QED) is 0.633. The molecule has 0 unspecified atom stereocenters. The number of hydrogen-bond acceptors (Lipinski definition) is 6. The fourth-order valence-corrected chi connectivity index (χ4v) is 2.86. The molecule has 0 atom stereocenters. The monoisotopic (exact) mass is 274 g/mol. The zero-order chi connectivity index (χ0) is 13.0. The molecule has 0 amide bonds. The second kappa shape index (κ2) is 5.85. The molecule has 0 radical (unpaired) electrons. The molecule has 0 aliphatic heterocycles. The van der Waals surface area contributed by atoms with E-state index in [0.29, 0.717) is 21.4 Å². The van der Waals surface area contributed by atoms with Crippen LogP contribution in [0, 0.1) is 18.3 Å². The minimum Gasteiger partial charge on any atom is -0.250 e. The maximum absolute atomic E-state index is 9.22. The van der Waals surface area contributed by atoms with E-state index >= 15 is 0 Å². The summed E-state index contributed by atoms with van der Waals surface area (Å²) in [4.78, 5) is 12.8. The van der Waals surface area contributed by atoms with Crippen LogP contribution in [0.25, 0.3) is 0 Å². The van der Waals surface area contributed by atoms with Crippen LogP contribution in [0.4, 0.5) is 0 Å². The highest BCUT2D eigenvalue weighted by Gasteiger charge is 2.13. The predicted molar refractivity (Wildman–Crippen MR) is 71.6 cm³/mol. The lowest BCUT2D eigenvalue weighted by molar-refractivity contribution is 0.884. The topological polar surface area (TPSA) is 62.5 Å². The van der Waals surface area contributed by atoms with Gasteiger partial charge in [0.05, 0.1) is 0 Å². The maximum atomic E-state index is 9.22. The Morgan fingerprint density at radius 1 is 1.22 bits per heavy atom. The summed E-state index contributed by atoms with van der Waals surface area (Å²) < 4.78 is 0. The van der Waals surface area contributed by atoms with Crippen LogP contribution in [0.5, 0.6) is 0 Å². The Kier molecular flexibility index (Phi) is 4.18. The molecule has 18 heavy (non-hydrogen) atoms. The average molecular weight is 274 g/mol. The Balaban J connectivity index is 2.44. The highest BCUT2D eigenvalue weighted by Crippen LogP contribution is 2.30. The van der Waals surface area contributed by atoms with E-state index in [4.69, 9.17) is 0 Å². The molecule has 0 saturated carbocycles. The van der Waals surface area contributed by atoms with Gasteiger partial charge >= 0.3 is 0 Å². The molecule has 0 fully saturated rings. The highest BCUT2D eigenvalue weighted by molar-refractivity contribution is 7.99. The van der Waals surface area contributed by atoms with E-state index in [1.165, 1.54) is 23.5 Å². The number of nitrogens with zero attached hydrogens (tertiary/aromatic N) is 4. The van der Waals surface area contributed by atoms with Crippen molar-refractivity contribution in [2.45, 2.75) is 22.0 Å². The summed E-state index contributed by atoms with van der Waals surface area (Å²) in [7, 11) is 0. The van der Waals surface area contributed by atoms with Gasteiger partial charge in [-0.25, -0.2) is 15.0 Å². The molecule has 0 aromatic carbocycles. The van der Waals surface area contributed by atoms with Gasteiger partial charge in [0.2, 0.25) is 0 Å². The molecule has 90 valence electrons. The molecule has 2 heterocycles. The number of rotatable bonds is 3. The Hall–Kier alpha value is -1.58. The summed E-state index contributed by atoms with van der Waals surface area (Å²) in [5, 5.41) is 11.4. The number of hydrogen-bond donors (Lipinski definition) is 0. The van der Waals surface area contributed by atoms with Gasteiger partial charge < -0.3 is 0 Å². The zero-order valence-corrected chi connectivity index (χ0v) is 11.5. The molecule has 6 heteroatoms. The van der Waals surface area contributed by atoms with Crippen LogP contribution in [-0.4, -0.2) is 21.2 Å². The lowest BCUT2D eigenvalue weighted by Crippen LogP contribution is -1.98. The van der Waals surface area contributed by atoms with Crippen LogP contribution >= 0.6 is 23.5 Å². The molecular weight excluding hydrogens is 264 g/mol. The van der Waals surface area contributed by atoms with Crippen LogP contribution in [0.15, 0.2) is 39.5 Å². The fourth-order valence-electron chi connectivity index (χ4n) is 1.35. The molecule has 0 N–H and O–H groups in total. The van der Waals surface area contributed by atoms with Gasteiger partial charge in [0.15, 0.2) is 0 Å². The van der Waals surface area contributed by atoms with E-state index in [1.54, 1.807) is 6.20 Å². The van der Waals surface area contributed by atoms with E-state index in [2.05, 4.69) is 21.0 Å². The Labute approximate surface area is 114 Å². The first-order valence-electron chi connectivity index (χ1n) is 5.16. The lowest BCUT2D eigenvalue weighted by atomic mass is 10.4. The van der Waals surface area contributed by atoms with Gasteiger partial charge in [0.25, 0.3) is 0 Å². The number of aromatic nitrogens is 3. The van der Waals surface area contributed by atoms with Crippen molar-refractivity contribution in [1.29, 1.82) is 5.26 Å². The Morgan fingerprint density at radius 3 is 2.61 bits per heavy atom. The molecule has 0 saturated heterocycles. The van der Waals surface area contributed by atoms with Crippen molar-refractivity contribution in [1.82, 2.24) is 15.0 Å². The SMILES string of the molecule is CSc1nc(C)nc(Sc2ccccn2)c1C#N. The van der Waals surface area contributed by atoms with E-state index in [-0.39, 0.29) is 0 Å². The van der Waals surface area contributed by atoms with Gasteiger partial charge in [-0.05, 0) is 37.1 Å². The van der Waals surface area contributed by atoms with Crippen LogP contribution in [0.3, 0.4) is 0 Å². The van der Waals surface area contributed by atoms with Gasteiger partial charge in [0, 0.05) is 6.20 Å². The van der Waals surface area contributed by atoms with Crippen molar-refractivity contribution < 1.29 is 0 Å². The summed E-state index contributed by atoms with van der Waals surface area (Å²) in [6, 6.07) is 7.82. The first kappa shape index (κ1) is 12.9. The molecule has 0 aliphatic rings. The first-order chi connectivity index (χ1) is 8.74. The summed E-state index contributed by atoms with van der Waals surface area (Å²) in [5.41, 5.74) is 0.517. The van der Waals surface area contributed by atoms with Crippen molar-refractivity contribution in [2.24, 2.45) is 0 Å². The number of thioether (sulfide) groups is 1. The van der Waals surface area contributed by atoms with Gasteiger partial charge in [-0.2, -0.15) is 5.26 Å². The standard InChI is InChI=1S/C12H10N4S2/c1-8-15-11(17-2)9(7-13)12(16-8)18-10-5-3-4-6-14-10/h3-6H,1-2H3. The van der Waals surface area contributed by atoms with Crippen LogP contribution in [0.1, 0.15) is 11.4 Å². The number of aryl methyl sites for hydroxylation is 1.